The third-order valence-electron chi connectivity index (χ3n) is 3.88. The molecule has 1 fully saturated rings. The zero-order valence-corrected chi connectivity index (χ0v) is 12.4. The van der Waals surface area contributed by atoms with E-state index in [0.29, 0.717) is 18.7 Å². The van der Waals surface area contributed by atoms with E-state index >= 15 is 0 Å². The predicted molar refractivity (Wildman–Crippen MR) is 75.7 cm³/mol. The van der Waals surface area contributed by atoms with Gasteiger partial charge in [0.1, 0.15) is 0 Å². The van der Waals surface area contributed by atoms with E-state index in [2.05, 4.69) is 0 Å². The second-order valence-corrected chi connectivity index (χ2v) is 6.97. The molecule has 5 nitrogen and oxygen atoms in total. The molecule has 0 bridgehead atoms. The van der Waals surface area contributed by atoms with Gasteiger partial charge in [-0.25, -0.2) is 0 Å². The van der Waals surface area contributed by atoms with E-state index in [-0.39, 0.29) is 0 Å². The summed E-state index contributed by atoms with van der Waals surface area (Å²) in [6, 6.07) is 8.23. The third kappa shape index (κ3) is 2.13. The molecule has 0 aliphatic carbocycles. The van der Waals surface area contributed by atoms with Gasteiger partial charge < -0.3 is 4.90 Å². The molecule has 1 aromatic rings. The number of nitrogens with zero attached hydrogens (tertiary/aromatic N) is 1. The monoisotopic (exact) mass is 297 g/mol. The Morgan fingerprint density at radius 1 is 1.25 bits per heavy atom. The molecule has 1 unspecified atom stereocenters. The maximum absolute atomic E-state index is 12.7. The van der Waals surface area contributed by atoms with Gasteiger partial charge in [-0.3, -0.25) is 9.35 Å². The van der Waals surface area contributed by atoms with Crippen LogP contribution in [-0.4, -0.2) is 36.9 Å². The molecule has 2 rings (SSSR count). The molecule has 1 N–H and O–H groups in total. The fourth-order valence-electron chi connectivity index (χ4n) is 2.70. The molecule has 1 aromatic carbocycles. The van der Waals surface area contributed by atoms with E-state index in [1.165, 1.54) is 4.90 Å². The van der Waals surface area contributed by atoms with Crippen molar-refractivity contribution in [2.45, 2.75) is 25.0 Å². The van der Waals surface area contributed by atoms with Crippen LogP contribution in [0.2, 0.25) is 0 Å². The minimum absolute atomic E-state index is 0.314. The first-order chi connectivity index (χ1) is 9.31. The lowest BCUT2D eigenvalue weighted by molar-refractivity contribution is -0.139. The van der Waals surface area contributed by atoms with Crippen molar-refractivity contribution in [3.05, 3.63) is 35.9 Å². The Morgan fingerprint density at radius 2 is 1.80 bits per heavy atom. The minimum atomic E-state index is -4.59. The van der Waals surface area contributed by atoms with Crippen LogP contribution < -0.4 is 0 Å². The smallest absolute Gasteiger partial charge is 0.284 e. The Kier molecular flexibility index (Phi) is 3.88. The van der Waals surface area contributed by atoms with E-state index in [0.717, 1.165) is 6.42 Å². The largest absolute Gasteiger partial charge is 0.341 e. The summed E-state index contributed by atoms with van der Waals surface area (Å²) in [6.45, 7) is 4.35. The summed E-state index contributed by atoms with van der Waals surface area (Å²) >= 11 is 0. The van der Waals surface area contributed by atoms with Crippen molar-refractivity contribution in [2.24, 2.45) is 5.92 Å². The van der Waals surface area contributed by atoms with Crippen molar-refractivity contribution < 1.29 is 17.8 Å². The lowest BCUT2D eigenvalue weighted by Gasteiger charge is -2.41. The molecule has 6 heteroatoms. The molecule has 0 aromatic heterocycles. The van der Waals surface area contributed by atoms with Gasteiger partial charge in [-0.15, -0.1) is 0 Å². The Hall–Kier alpha value is -1.40. The van der Waals surface area contributed by atoms with Gasteiger partial charge in [-0.05, 0) is 17.9 Å². The number of rotatable bonds is 4. The van der Waals surface area contributed by atoms with Gasteiger partial charge in [0.15, 0.2) is 0 Å². The molecule has 1 amide bonds. The van der Waals surface area contributed by atoms with Gasteiger partial charge in [-0.2, -0.15) is 8.42 Å². The molecule has 1 saturated heterocycles. The van der Waals surface area contributed by atoms with Crippen molar-refractivity contribution in [1.82, 2.24) is 4.90 Å². The molecule has 1 heterocycles. The molecule has 0 spiro atoms. The average molecular weight is 297 g/mol. The SMILES string of the molecule is CC(C)C(C(=O)N1CCC1)(c1ccccc1)S(=O)(=O)O. The molecule has 110 valence electrons. The number of amides is 1. The van der Waals surface area contributed by atoms with Crippen molar-refractivity contribution >= 4 is 16.0 Å². The lowest BCUT2D eigenvalue weighted by atomic mass is 9.85. The van der Waals surface area contributed by atoms with Crippen LogP contribution in [0.1, 0.15) is 25.8 Å². The van der Waals surface area contributed by atoms with E-state index in [4.69, 9.17) is 0 Å². The molecule has 1 aliphatic heterocycles. The van der Waals surface area contributed by atoms with Gasteiger partial charge in [-0.1, -0.05) is 44.2 Å². The zero-order chi connectivity index (χ0) is 15.0. The van der Waals surface area contributed by atoms with Crippen LogP contribution in [0.25, 0.3) is 0 Å². The second kappa shape index (κ2) is 5.18. The summed E-state index contributed by atoms with van der Waals surface area (Å²) in [5, 5.41) is 0. The highest BCUT2D eigenvalue weighted by atomic mass is 32.2. The summed E-state index contributed by atoms with van der Waals surface area (Å²) in [4.78, 5) is 14.2. The van der Waals surface area contributed by atoms with Crippen LogP contribution in [0.4, 0.5) is 0 Å². The van der Waals surface area contributed by atoms with Crippen LogP contribution >= 0.6 is 0 Å². The van der Waals surface area contributed by atoms with E-state index in [1.807, 2.05) is 0 Å². The third-order valence-corrected chi connectivity index (χ3v) is 5.58. The maximum atomic E-state index is 12.7. The fraction of sp³-hybridized carbons (Fsp3) is 0.500. The molecule has 0 saturated carbocycles. The number of carbonyl (C=O) groups excluding carboxylic acids is 1. The first kappa shape index (κ1) is 15.0. The number of hydrogen-bond acceptors (Lipinski definition) is 3. The van der Waals surface area contributed by atoms with E-state index in [1.54, 1.807) is 44.2 Å². The van der Waals surface area contributed by atoms with Gasteiger partial charge in [0.05, 0.1) is 0 Å². The summed E-state index contributed by atoms with van der Waals surface area (Å²) < 4.78 is 32.1. The molecular formula is C14H19NO4S. The van der Waals surface area contributed by atoms with Crippen molar-refractivity contribution in [3.63, 3.8) is 0 Å². The highest BCUT2D eigenvalue weighted by molar-refractivity contribution is 7.87. The van der Waals surface area contributed by atoms with E-state index in [9.17, 15) is 17.8 Å². The molecule has 1 aliphatic rings. The number of hydrogen-bond donors (Lipinski definition) is 1. The second-order valence-electron chi connectivity index (χ2n) is 5.38. The van der Waals surface area contributed by atoms with Gasteiger partial charge in [0.2, 0.25) is 4.75 Å². The van der Waals surface area contributed by atoms with Gasteiger partial charge >= 0.3 is 0 Å². The Balaban J connectivity index is 2.66. The van der Waals surface area contributed by atoms with E-state index < -0.39 is 26.7 Å². The van der Waals surface area contributed by atoms with Crippen LogP contribution in [-0.2, 0) is 19.7 Å². The van der Waals surface area contributed by atoms with Crippen LogP contribution in [0.3, 0.4) is 0 Å². The zero-order valence-electron chi connectivity index (χ0n) is 11.6. The highest BCUT2D eigenvalue weighted by Crippen LogP contribution is 2.40. The normalized spacial score (nSPS) is 18.5. The maximum Gasteiger partial charge on any atom is 0.284 e. The quantitative estimate of drug-likeness (QED) is 0.858. The molecular weight excluding hydrogens is 278 g/mol. The number of likely N-dealkylation sites (tertiary alicyclic amines) is 1. The Labute approximate surface area is 119 Å². The van der Waals surface area contributed by atoms with Crippen molar-refractivity contribution in [1.29, 1.82) is 0 Å². The molecule has 0 radical (unpaired) electrons. The summed E-state index contributed by atoms with van der Waals surface area (Å²) in [6.07, 6.45) is 0.861. The number of benzene rings is 1. The number of carbonyl (C=O) groups is 1. The summed E-state index contributed by atoms with van der Waals surface area (Å²) in [7, 11) is -4.59. The Morgan fingerprint density at radius 3 is 2.15 bits per heavy atom. The van der Waals surface area contributed by atoms with Crippen molar-refractivity contribution in [3.8, 4) is 0 Å². The lowest BCUT2D eigenvalue weighted by Crippen LogP contribution is -2.58. The first-order valence-electron chi connectivity index (χ1n) is 6.63. The van der Waals surface area contributed by atoms with Gasteiger partial charge in [0.25, 0.3) is 16.0 Å². The van der Waals surface area contributed by atoms with Crippen LogP contribution in [0.5, 0.6) is 0 Å². The van der Waals surface area contributed by atoms with Gasteiger partial charge in [0, 0.05) is 13.1 Å². The highest BCUT2D eigenvalue weighted by Gasteiger charge is 2.56. The Bertz CT molecular complexity index is 593. The minimum Gasteiger partial charge on any atom is -0.341 e. The van der Waals surface area contributed by atoms with Crippen LogP contribution in [0.15, 0.2) is 30.3 Å². The average Bonchev–Trinajstić information content (AvgIpc) is 2.26. The first-order valence-corrected chi connectivity index (χ1v) is 8.07. The molecule has 20 heavy (non-hydrogen) atoms. The molecule has 1 atom stereocenters. The summed E-state index contributed by atoms with van der Waals surface area (Å²) in [5.41, 5.74) is 0.314. The fourth-order valence-corrected chi connectivity index (χ4v) is 4.08. The predicted octanol–water partition coefficient (Wildman–Crippen LogP) is 1.66. The van der Waals surface area contributed by atoms with Crippen LogP contribution in [0, 0.1) is 5.92 Å². The topological polar surface area (TPSA) is 74.7 Å². The van der Waals surface area contributed by atoms with Crippen molar-refractivity contribution in [2.75, 3.05) is 13.1 Å². The standard InChI is InChI=1S/C14H19NO4S/c1-11(2)14(20(17,18)19,12-7-4-3-5-8-12)13(16)15-9-6-10-15/h3-5,7-8,11H,6,9-10H2,1-2H3,(H,17,18,19). The summed E-state index contributed by atoms with van der Waals surface area (Å²) in [5.74, 6) is -1.11.